The predicted molar refractivity (Wildman–Crippen MR) is 30.7 cm³/mol. The summed E-state index contributed by atoms with van der Waals surface area (Å²) in [5.74, 6) is -3.16. The van der Waals surface area contributed by atoms with Crippen molar-refractivity contribution in [1.29, 1.82) is 0 Å². The van der Waals surface area contributed by atoms with E-state index in [9.17, 15) is 14.4 Å². The van der Waals surface area contributed by atoms with Crippen LogP contribution in [-0.4, -0.2) is 29.7 Å². The monoisotopic (exact) mass is 144 g/mol. The van der Waals surface area contributed by atoms with E-state index in [1.807, 2.05) is 0 Å². The second kappa shape index (κ2) is 3.33. The number of hydrogen-bond acceptors (Lipinski definition) is 3. The third-order valence-electron chi connectivity index (χ3n) is 0.558. The maximum absolute atomic E-state index is 10.1. The Hall–Kier alpha value is -1.72. The number of aliphatic carboxylic acids is 1. The Morgan fingerprint density at radius 1 is 1.40 bits per heavy atom. The molecule has 0 spiro atoms. The maximum atomic E-state index is 10.1. The fourth-order valence-electron chi connectivity index (χ4n) is 0.190. The van der Waals surface area contributed by atoms with Gasteiger partial charge in [-0.2, -0.15) is 0 Å². The predicted octanol–water partition coefficient (Wildman–Crippen LogP) is -0.992. The van der Waals surface area contributed by atoms with Crippen LogP contribution in [0.2, 0.25) is 0 Å². The van der Waals surface area contributed by atoms with Crippen molar-refractivity contribution in [3.05, 3.63) is 0 Å². The number of carbonyl (C=O) groups excluding carboxylic acids is 2. The van der Waals surface area contributed by atoms with Gasteiger partial charge in [-0.15, -0.1) is 0 Å². The average molecular weight is 144 g/mol. The van der Waals surface area contributed by atoms with Crippen molar-refractivity contribution in [2.45, 2.75) is 0 Å². The van der Waals surface area contributed by atoms with Crippen molar-refractivity contribution in [3.8, 4) is 0 Å². The highest BCUT2D eigenvalue weighted by molar-refractivity contribution is 6.34. The lowest BCUT2D eigenvalue weighted by atomic mass is 10.6. The number of carboxylic acid groups (broad SMARTS) is 1. The van der Waals surface area contributed by atoms with Crippen molar-refractivity contribution in [2.75, 3.05) is 0 Å². The lowest BCUT2D eigenvalue weighted by Crippen LogP contribution is -2.33. The minimum absolute atomic E-state index is 1.08. The number of carbonyl (C=O) groups is 3. The van der Waals surface area contributed by atoms with Crippen LogP contribution in [0.1, 0.15) is 0 Å². The molecule has 54 valence electrons. The summed E-state index contributed by atoms with van der Waals surface area (Å²) in [6, 6.07) is -1.08. The van der Waals surface area contributed by atoms with Gasteiger partial charge in [0.25, 0.3) is 0 Å². The summed E-state index contributed by atoms with van der Waals surface area (Å²) >= 11 is 0. The maximum Gasteiger partial charge on any atom is 0.394 e. The van der Waals surface area contributed by atoms with E-state index in [0.29, 0.717) is 0 Å². The van der Waals surface area contributed by atoms with Gasteiger partial charge in [0, 0.05) is 0 Å². The Morgan fingerprint density at radius 3 is 2.20 bits per heavy atom. The Labute approximate surface area is 55.6 Å². The standard InChI is InChI=1S/C4H4N2O4/c1-5-4(10)6-2(7)3(8)9/h1H2,(H,8,9)(H,6,7,10). The quantitative estimate of drug-likeness (QED) is 0.337. The van der Waals surface area contributed by atoms with Crippen LogP contribution in [0.3, 0.4) is 0 Å². The van der Waals surface area contributed by atoms with Gasteiger partial charge in [0.1, 0.15) is 0 Å². The van der Waals surface area contributed by atoms with E-state index in [1.54, 1.807) is 0 Å². The van der Waals surface area contributed by atoms with E-state index < -0.39 is 17.9 Å². The first-order chi connectivity index (χ1) is 4.57. The molecule has 0 aromatic rings. The van der Waals surface area contributed by atoms with Crippen molar-refractivity contribution in [3.63, 3.8) is 0 Å². The molecule has 0 radical (unpaired) electrons. The molecule has 6 heteroatoms. The number of amides is 3. The number of hydrogen-bond donors (Lipinski definition) is 2. The van der Waals surface area contributed by atoms with Crippen LogP contribution in [0.25, 0.3) is 0 Å². The lowest BCUT2D eigenvalue weighted by Gasteiger charge is -1.91. The zero-order chi connectivity index (χ0) is 8.15. The number of imide groups is 1. The zero-order valence-corrected chi connectivity index (χ0v) is 4.83. The minimum atomic E-state index is -1.74. The summed E-state index contributed by atoms with van der Waals surface area (Å²) in [4.78, 5) is 32.6. The number of nitrogens with one attached hydrogen (secondary N) is 1. The molecule has 3 amide bonds. The fraction of sp³-hybridized carbons (Fsp3) is 0. The third kappa shape index (κ3) is 2.55. The molecule has 6 nitrogen and oxygen atoms in total. The van der Waals surface area contributed by atoms with E-state index in [0.717, 1.165) is 0 Å². The molecule has 0 saturated heterocycles. The first-order valence-corrected chi connectivity index (χ1v) is 2.13. The molecule has 0 aliphatic heterocycles. The van der Waals surface area contributed by atoms with Crippen molar-refractivity contribution in [1.82, 2.24) is 5.32 Å². The molecule has 10 heavy (non-hydrogen) atoms. The molecule has 0 bridgehead atoms. The molecule has 0 rings (SSSR count). The van der Waals surface area contributed by atoms with Gasteiger partial charge < -0.3 is 5.11 Å². The molecule has 0 saturated carbocycles. The van der Waals surface area contributed by atoms with E-state index in [1.165, 1.54) is 5.32 Å². The van der Waals surface area contributed by atoms with E-state index in [4.69, 9.17) is 5.11 Å². The number of aliphatic imine (C=N–C) groups is 1. The molecule has 0 fully saturated rings. The number of rotatable bonds is 0. The highest BCUT2D eigenvalue weighted by atomic mass is 16.4. The Balaban J connectivity index is 3.92. The normalized spacial score (nSPS) is 8.00. The molecule has 0 aromatic heterocycles. The fourth-order valence-corrected chi connectivity index (χ4v) is 0.190. The van der Waals surface area contributed by atoms with Crippen LogP contribution in [-0.2, 0) is 9.59 Å². The Kier molecular flexibility index (Phi) is 2.76. The van der Waals surface area contributed by atoms with Gasteiger partial charge in [-0.1, -0.05) is 0 Å². The molecule has 0 heterocycles. The first-order valence-electron chi connectivity index (χ1n) is 2.13. The lowest BCUT2D eigenvalue weighted by molar-refractivity contribution is -0.149. The molecule has 0 aliphatic carbocycles. The molecule has 0 unspecified atom stereocenters. The highest BCUT2D eigenvalue weighted by Gasteiger charge is 2.12. The average Bonchev–Trinajstić information content (AvgIpc) is 1.87. The zero-order valence-electron chi connectivity index (χ0n) is 4.83. The topological polar surface area (TPSA) is 95.8 Å². The summed E-state index contributed by atoms with van der Waals surface area (Å²) in [5, 5.41) is 9.32. The molecular weight excluding hydrogens is 140 g/mol. The summed E-state index contributed by atoms with van der Waals surface area (Å²) in [7, 11) is 0. The SMILES string of the molecule is C=NC(=O)NC(=O)C(=O)O. The summed E-state index contributed by atoms with van der Waals surface area (Å²) in [5.41, 5.74) is 0. The Bertz CT molecular complexity index is 197. The van der Waals surface area contributed by atoms with Gasteiger partial charge in [-0.05, 0) is 6.72 Å². The van der Waals surface area contributed by atoms with Crippen molar-refractivity contribution < 1.29 is 19.5 Å². The van der Waals surface area contributed by atoms with Gasteiger partial charge in [0.2, 0.25) is 0 Å². The summed E-state index contributed by atoms with van der Waals surface area (Å²) < 4.78 is 0. The Morgan fingerprint density at radius 2 is 1.90 bits per heavy atom. The summed E-state index contributed by atoms with van der Waals surface area (Å²) in [6.45, 7) is 2.77. The van der Waals surface area contributed by atoms with Crippen LogP contribution in [0.5, 0.6) is 0 Å². The smallest absolute Gasteiger partial charge is 0.394 e. The van der Waals surface area contributed by atoms with Crippen LogP contribution in [0.15, 0.2) is 4.99 Å². The third-order valence-corrected chi connectivity index (χ3v) is 0.558. The molecular formula is C4H4N2O4. The minimum Gasteiger partial charge on any atom is -0.474 e. The van der Waals surface area contributed by atoms with Gasteiger partial charge in [-0.25, -0.2) is 14.6 Å². The van der Waals surface area contributed by atoms with Crippen LogP contribution < -0.4 is 5.32 Å². The van der Waals surface area contributed by atoms with Gasteiger partial charge in [0.05, 0.1) is 0 Å². The number of carboxylic acids is 1. The molecule has 0 aliphatic rings. The second-order valence-corrected chi connectivity index (χ2v) is 1.22. The molecule has 2 N–H and O–H groups in total. The van der Waals surface area contributed by atoms with E-state index in [-0.39, 0.29) is 0 Å². The number of nitrogens with zero attached hydrogens (tertiary/aromatic N) is 1. The van der Waals surface area contributed by atoms with Gasteiger partial charge >= 0.3 is 17.9 Å². The number of urea groups is 1. The largest absolute Gasteiger partial charge is 0.474 e. The molecule has 0 atom stereocenters. The van der Waals surface area contributed by atoms with Crippen LogP contribution in [0, 0.1) is 0 Å². The van der Waals surface area contributed by atoms with E-state index >= 15 is 0 Å². The van der Waals surface area contributed by atoms with E-state index in [2.05, 4.69) is 11.7 Å². The van der Waals surface area contributed by atoms with Gasteiger partial charge in [0.15, 0.2) is 0 Å². The van der Waals surface area contributed by atoms with Crippen LogP contribution in [0.4, 0.5) is 4.79 Å². The highest BCUT2D eigenvalue weighted by Crippen LogP contribution is 1.71. The van der Waals surface area contributed by atoms with Crippen LogP contribution >= 0.6 is 0 Å². The van der Waals surface area contributed by atoms with Crippen molar-refractivity contribution >= 4 is 24.6 Å². The second-order valence-electron chi connectivity index (χ2n) is 1.22. The van der Waals surface area contributed by atoms with Crippen molar-refractivity contribution in [2.24, 2.45) is 4.99 Å². The van der Waals surface area contributed by atoms with Gasteiger partial charge in [-0.3, -0.25) is 10.1 Å². The molecule has 0 aromatic carbocycles. The first kappa shape index (κ1) is 8.28. The summed E-state index contributed by atoms with van der Waals surface area (Å²) in [6.07, 6.45) is 0.